The van der Waals surface area contributed by atoms with Crippen LogP contribution in [0.25, 0.3) is 0 Å². The number of nitrogens with one attached hydrogen (secondary N) is 2. The lowest BCUT2D eigenvalue weighted by molar-refractivity contribution is -0.158. The Morgan fingerprint density at radius 2 is 1.56 bits per heavy atom. The van der Waals surface area contributed by atoms with Crippen molar-refractivity contribution in [3.8, 4) is 5.75 Å². The van der Waals surface area contributed by atoms with Crippen LogP contribution >= 0.6 is 0 Å². The Morgan fingerprint density at radius 1 is 0.897 bits per heavy atom. The van der Waals surface area contributed by atoms with Gasteiger partial charge in [-0.1, -0.05) is 75.6 Å². The van der Waals surface area contributed by atoms with Gasteiger partial charge in [0.25, 0.3) is 0 Å². The fourth-order valence-electron chi connectivity index (χ4n) is 4.99. The zero-order chi connectivity index (χ0) is 28.3. The highest BCUT2D eigenvalue weighted by Gasteiger charge is 2.30. The van der Waals surface area contributed by atoms with Gasteiger partial charge < -0.3 is 20.1 Å². The summed E-state index contributed by atoms with van der Waals surface area (Å²) in [5, 5.41) is 6.57. The van der Waals surface area contributed by atoms with Gasteiger partial charge in [0, 0.05) is 6.42 Å². The van der Waals surface area contributed by atoms with Crippen LogP contribution in [0.15, 0.2) is 54.6 Å². The van der Waals surface area contributed by atoms with Crippen LogP contribution < -0.4 is 15.4 Å². The van der Waals surface area contributed by atoms with Crippen LogP contribution in [0.3, 0.4) is 0 Å². The van der Waals surface area contributed by atoms with Crippen molar-refractivity contribution in [2.75, 3.05) is 6.54 Å². The van der Waals surface area contributed by atoms with Gasteiger partial charge in [-0.15, -0.1) is 0 Å². The molecule has 3 rings (SSSR count). The van der Waals surface area contributed by atoms with E-state index in [-0.39, 0.29) is 11.9 Å². The fraction of sp³-hybridized carbons (Fsp3) is 0.576. The van der Waals surface area contributed by atoms with E-state index in [2.05, 4.69) is 24.5 Å². The Morgan fingerprint density at radius 3 is 2.18 bits per heavy atom. The van der Waals surface area contributed by atoms with Gasteiger partial charge in [-0.2, -0.15) is 0 Å². The Kier molecular flexibility index (Phi) is 11.9. The highest BCUT2D eigenvalue weighted by atomic mass is 16.6. The first-order chi connectivity index (χ1) is 18.6. The second-order valence-electron chi connectivity index (χ2n) is 12.3. The van der Waals surface area contributed by atoms with Crippen LogP contribution in [0.1, 0.15) is 84.3 Å². The van der Waals surface area contributed by atoms with Gasteiger partial charge in [-0.3, -0.25) is 4.79 Å². The first-order valence-electron chi connectivity index (χ1n) is 14.6. The average Bonchev–Trinajstić information content (AvgIpc) is 2.90. The van der Waals surface area contributed by atoms with Crippen molar-refractivity contribution in [1.29, 1.82) is 0 Å². The van der Waals surface area contributed by atoms with Crippen LogP contribution in [0, 0.1) is 11.8 Å². The topological polar surface area (TPSA) is 76.7 Å². The highest BCUT2D eigenvalue weighted by molar-refractivity contribution is 5.87. The van der Waals surface area contributed by atoms with Crippen LogP contribution in [0.2, 0.25) is 0 Å². The van der Waals surface area contributed by atoms with E-state index in [0.717, 1.165) is 23.4 Å². The molecule has 39 heavy (non-hydrogen) atoms. The Balaban J connectivity index is 1.66. The maximum Gasteiger partial charge on any atom is 0.329 e. The standard InChI is InChI=1S/C33H48N2O4/c1-24(2)20-29(34-22-26-12-8-6-9-13-26)31(36)35-30(32(37)39-33(3,4)5)21-25-16-18-28(19-17-25)38-23-27-14-10-7-11-15-27/h7,10-11,14-19,24,26,29-30,34H,6,8-9,12-13,20-23H2,1-5H3,(H,35,36)/t29-,30+/m0/s1. The molecule has 1 amide bonds. The normalized spacial score (nSPS) is 15.9. The Bertz CT molecular complexity index is 1010. The van der Waals surface area contributed by atoms with Crippen molar-refractivity contribution < 1.29 is 19.1 Å². The monoisotopic (exact) mass is 536 g/mol. The van der Waals surface area contributed by atoms with E-state index >= 15 is 0 Å². The third-order valence-corrected chi connectivity index (χ3v) is 7.02. The zero-order valence-electron chi connectivity index (χ0n) is 24.5. The van der Waals surface area contributed by atoms with E-state index in [9.17, 15) is 9.59 Å². The molecule has 6 heteroatoms. The fourth-order valence-corrected chi connectivity index (χ4v) is 4.99. The molecule has 0 radical (unpaired) electrons. The maximum atomic E-state index is 13.5. The lowest BCUT2D eigenvalue weighted by Crippen LogP contribution is -2.53. The number of carbonyl (C=O) groups is 2. The molecule has 2 atom stereocenters. The smallest absolute Gasteiger partial charge is 0.329 e. The molecule has 1 saturated carbocycles. The Hall–Kier alpha value is -2.86. The maximum absolute atomic E-state index is 13.5. The summed E-state index contributed by atoms with van der Waals surface area (Å²) in [5.74, 6) is 1.16. The van der Waals surface area contributed by atoms with E-state index in [1.165, 1.54) is 32.1 Å². The molecule has 1 fully saturated rings. The molecule has 2 N–H and O–H groups in total. The lowest BCUT2D eigenvalue weighted by atomic mass is 9.89. The summed E-state index contributed by atoms with van der Waals surface area (Å²) in [6.07, 6.45) is 7.34. The third kappa shape index (κ3) is 11.4. The van der Waals surface area contributed by atoms with Gasteiger partial charge in [0.05, 0.1) is 6.04 Å². The van der Waals surface area contributed by atoms with Crippen LogP contribution in [0.4, 0.5) is 0 Å². The Labute approximate surface area is 235 Å². The molecule has 0 unspecified atom stereocenters. The third-order valence-electron chi connectivity index (χ3n) is 7.02. The highest BCUT2D eigenvalue weighted by Crippen LogP contribution is 2.23. The van der Waals surface area contributed by atoms with Gasteiger partial charge in [0.2, 0.25) is 5.91 Å². The molecular weight excluding hydrogens is 488 g/mol. The second-order valence-corrected chi connectivity index (χ2v) is 12.3. The molecule has 214 valence electrons. The molecule has 0 saturated heterocycles. The van der Waals surface area contributed by atoms with Gasteiger partial charge in [0.1, 0.15) is 24.0 Å². The van der Waals surface area contributed by atoms with E-state index < -0.39 is 17.6 Å². The van der Waals surface area contributed by atoms with Gasteiger partial charge in [-0.25, -0.2) is 4.79 Å². The second kappa shape index (κ2) is 15.1. The zero-order valence-corrected chi connectivity index (χ0v) is 24.5. The number of ether oxygens (including phenoxy) is 2. The minimum atomic E-state index is -0.779. The van der Waals surface area contributed by atoms with E-state index in [1.54, 1.807) is 0 Å². The number of rotatable bonds is 13. The number of amides is 1. The molecule has 0 heterocycles. The van der Waals surface area contributed by atoms with Crippen molar-refractivity contribution in [2.24, 2.45) is 11.8 Å². The molecular formula is C33H48N2O4. The molecule has 6 nitrogen and oxygen atoms in total. The van der Waals surface area contributed by atoms with Crippen molar-refractivity contribution in [1.82, 2.24) is 10.6 Å². The van der Waals surface area contributed by atoms with Gasteiger partial charge in [-0.05, 0) is 81.7 Å². The molecule has 0 bridgehead atoms. The largest absolute Gasteiger partial charge is 0.489 e. The number of esters is 1. The first kappa shape index (κ1) is 30.7. The quantitative estimate of drug-likeness (QED) is 0.297. The minimum absolute atomic E-state index is 0.141. The lowest BCUT2D eigenvalue weighted by Gasteiger charge is -2.28. The number of hydrogen-bond acceptors (Lipinski definition) is 5. The minimum Gasteiger partial charge on any atom is -0.489 e. The summed E-state index contributed by atoms with van der Waals surface area (Å²) >= 11 is 0. The van der Waals surface area contributed by atoms with Gasteiger partial charge >= 0.3 is 5.97 Å². The summed E-state index contributed by atoms with van der Waals surface area (Å²) in [6, 6.07) is 16.6. The van der Waals surface area contributed by atoms with Crippen molar-refractivity contribution in [2.45, 2.75) is 104 Å². The molecule has 1 aliphatic carbocycles. The summed E-state index contributed by atoms with van der Waals surface area (Å²) in [4.78, 5) is 26.7. The van der Waals surface area contributed by atoms with E-state index in [0.29, 0.717) is 31.3 Å². The number of hydrogen-bond donors (Lipinski definition) is 2. The van der Waals surface area contributed by atoms with Crippen LogP contribution in [-0.2, 0) is 27.4 Å². The molecule has 0 aromatic heterocycles. The molecule has 0 spiro atoms. The SMILES string of the molecule is CC(C)C[C@H](NCC1CCCCC1)C(=O)N[C@H](Cc1ccc(OCc2ccccc2)cc1)C(=O)OC(C)(C)C. The van der Waals surface area contributed by atoms with E-state index in [4.69, 9.17) is 9.47 Å². The average molecular weight is 537 g/mol. The van der Waals surface area contributed by atoms with E-state index in [1.807, 2.05) is 75.4 Å². The van der Waals surface area contributed by atoms with Gasteiger partial charge in [0.15, 0.2) is 0 Å². The summed E-state index contributed by atoms with van der Waals surface area (Å²) in [7, 11) is 0. The van der Waals surface area contributed by atoms with Crippen LogP contribution in [0.5, 0.6) is 5.75 Å². The van der Waals surface area contributed by atoms with Crippen molar-refractivity contribution >= 4 is 11.9 Å². The predicted molar refractivity (Wildman–Crippen MR) is 157 cm³/mol. The number of benzene rings is 2. The molecule has 0 aliphatic heterocycles. The van der Waals surface area contributed by atoms with Crippen molar-refractivity contribution in [3.63, 3.8) is 0 Å². The summed E-state index contributed by atoms with van der Waals surface area (Å²) < 4.78 is 11.6. The molecule has 2 aromatic rings. The molecule has 2 aromatic carbocycles. The number of carbonyl (C=O) groups excluding carboxylic acids is 2. The van der Waals surface area contributed by atoms with Crippen molar-refractivity contribution in [3.05, 3.63) is 65.7 Å². The molecule has 1 aliphatic rings. The van der Waals surface area contributed by atoms with Crippen LogP contribution in [-0.4, -0.2) is 36.1 Å². The predicted octanol–water partition coefficient (Wildman–Crippen LogP) is 6.22. The summed E-state index contributed by atoms with van der Waals surface area (Å²) in [5.41, 5.74) is 1.38. The summed E-state index contributed by atoms with van der Waals surface area (Å²) in [6.45, 7) is 11.1. The first-order valence-corrected chi connectivity index (χ1v) is 14.6.